The molecule has 0 aromatic carbocycles. The third-order valence-corrected chi connectivity index (χ3v) is 3.69. The molecule has 0 fully saturated rings. The molecule has 0 spiro atoms. The first-order chi connectivity index (χ1) is 9.20. The van der Waals surface area contributed by atoms with Crippen molar-refractivity contribution in [3.63, 3.8) is 0 Å². The van der Waals surface area contributed by atoms with E-state index in [0.29, 0.717) is 22.1 Å². The number of amides is 1. The molecule has 0 aliphatic heterocycles. The summed E-state index contributed by atoms with van der Waals surface area (Å²) in [5.74, 6) is 5.39. The molecule has 0 aliphatic carbocycles. The Morgan fingerprint density at radius 3 is 3.11 bits per heavy atom. The summed E-state index contributed by atoms with van der Waals surface area (Å²) < 4.78 is 3.71. The molecule has 0 unspecified atom stereocenters. The first-order valence-corrected chi connectivity index (χ1v) is 6.95. The average molecular weight is 294 g/mol. The number of aromatic nitrogens is 3. The number of anilines is 1. The lowest BCUT2D eigenvalue weighted by Crippen LogP contribution is -2.11. The molecule has 2 aromatic heterocycles. The van der Waals surface area contributed by atoms with Crippen LogP contribution in [-0.4, -0.2) is 32.2 Å². The van der Waals surface area contributed by atoms with Crippen LogP contribution in [0.25, 0.3) is 0 Å². The number of aliphatic hydroxyl groups is 1. The van der Waals surface area contributed by atoms with Crippen LogP contribution in [0.2, 0.25) is 0 Å². The molecule has 0 aliphatic rings. The van der Waals surface area contributed by atoms with E-state index < -0.39 is 0 Å². The van der Waals surface area contributed by atoms with E-state index in [1.54, 1.807) is 13.1 Å². The van der Waals surface area contributed by atoms with Crippen molar-refractivity contribution in [2.45, 2.75) is 13.3 Å². The quantitative estimate of drug-likeness (QED) is 0.833. The van der Waals surface area contributed by atoms with Crippen LogP contribution in [0.15, 0.2) is 6.20 Å². The van der Waals surface area contributed by atoms with Gasteiger partial charge in [-0.2, -0.15) is 0 Å². The summed E-state index contributed by atoms with van der Waals surface area (Å²) in [5.41, 5.74) is 0.599. The Hall–Kier alpha value is -1.82. The van der Waals surface area contributed by atoms with Crippen LogP contribution in [0.3, 0.4) is 0 Å². The standard InChI is InChI=1S/C11H10N4O2S2/c1-7-9(19-15-14-7)10(17)13-11-12-6-8(18-11)4-2-3-5-16/h6,16H,3,5H2,1H3,(H,12,13,17). The third kappa shape index (κ3) is 3.57. The molecular weight excluding hydrogens is 284 g/mol. The molecule has 0 atom stereocenters. The Kier molecular flexibility index (Phi) is 4.57. The molecule has 98 valence electrons. The predicted molar refractivity (Wildman–Crippen MR) is 73.3 cm³/mol. The Balaban J connectivity index is 2.03. The Bertz CT molecular complexity index is 638. The molecule has 2 rings (SSSR count). The Morgan fingerprint density at radius 1 is 1.58 bits per heavy atom. The summed E-state index contributed by atoms with van der Waals surface area (Å²) in [6, 6.07) is 0. The largest absolute Gasteiger partial charge is 0.395 e. The molecule has 0 radical (unpaired) electrons. The summed E-state index contributed by atoms with van der Waals surface area (Å²) in [7, 11) is 0. The van der Waals surface area contributed by atoms with Gasteiger partial charge < -0.3 is 5.11 Å². The normalized spacial score (nSPS) is 9.79. The number of rotatable bonds is 3. The molecule has 8 heteroatoms. The average Bonchev–Trinajstić information content (AvgIpc) is 2.99. The van der Waals surface area contributed by atoms with Gasteiger partial charge in [0.1, 0.15) is 4.88 Å². The van der Waals surface area contributed by atoms with Gasteiger partial charge in [-0.1, -0.05) is 27.7 Å². The number of aliphatic hydroxyl groups excluding tert-OH is 1. The number of nitrogens with zero attached hydrogens (tertiary/aromatic N) is 3. The highest BCUT2D eigenvalue weighted by atomic mass is 32.1. The Morgan fingerprint density at radius 2 is 2.42 bits per heavy atom. The zero-order chi connectivity index (χ0) is 13.7. The maximum atomic E-state index is 11.9. The van der Waals surface area contributed by atoms with Gasteiger partial charge in [0.25, 0.3) is 5.91 Å². The molecule has 2 heterocycles. The van der Waals surface area contributed by atoms with Crippen LogP contribution >= 0.6 is 22.9 Å². The lowest BCUT2D eigenvalue weighted by molar-refractivity contribution is 0.103. The van der Waals surface area contributed by atoms with Gasteiger partial charge in [-0.3, -0.25) is 10.1 Å². The van der Waals surface area contributed by atoms with E-state index in [1.807, 2.05) is 0 Å². The topological polar surface area (TPSA) is 88.0 Å². The molecule has 0 saturated carbocycles. The lowest BCUT2D eigenvalue weighted by Gasteiger charge is -1.97. The SMILES string of the molecule is Cc1nnsc1C(=O)Nc1ncc(C#CCCO)s1. The maximum absolute atomic E-state index is 11.9. The van der Waals surface area contributed by atoms with Crippen molar-refractivity contribution in [3.05, 3.63) is 21.6 Å². The number of thiazole rings is 1. The van der Waals surface area contributed by atoms with E-state index >= 15 is 0 Å². The zero-order valence-corrected chi connectivity index (χ0v) is 11.6. The van der Waals surface area contributed by atoms with E-state index in [0.717, 1.165) is 16.4 Å². The van der Waals surface area contributed by atoms with Crippen LogP contribution in [0.1, 0.15) is 26.7 Å². The second kappa shape index (κ2) is 6.38. The monoisotopic (exact) mass is 294 g/mol. The van der Waals surface area contributed by atoms with Crippen molar-refractivity contribution in [3.8, 4) is 11.8 Å². The highest BCUT2D eigenvalue weighted by Gasteiger charge is 2.14. The summed E-state index contributed by atoms with van der Waals surface area (Å²) in [4.78, 5) is 17.2. The van der Waals surface area contributed by atoms with Gasteiger partial charge in [0, 0.05) is 6.42 Å². The maximum Gasteiger partial charge on any atom is 0.271 e. The van der Waals surface area contributed by atoms with E-state index in [-0.39, 0.29) is 12.5 Å². The van der Waals surface area contributed by atoms with Crippen LogP contribution in [0.5, 0.6) is 0 Å². The summed E-state index contributed by atoms with van der Waals surface area (Å²) in [6.07, 6.45) is 2.01. The fraction of sp³-hybridized carbons (Fsp3) is 0.273. The predicted octanol–water partition coefficient (Wildman–Crippen LogP) is 1.29. The van der Waals surface area contributed by atoms with E-state index in [9.17, 15) is 4.79 Å². The highest BCUT2D eigenvalue weighted by molar-refractivity contribution is 7.16. The lowest BCUT2D eigenvalue weighted by atomic mass is 10.4. The fourth-order valence-electron chi connectivity index (χ4n) is 1.19. The third-order valence-electron chi connectivity index (χ3n) is 2.03. The minimum atomic E-state index is -0.267. The second-order valence-corrected chi connectivity index (χ2v) is 5.23. The zero-order valence-electron chi connectivity index (χ0n) is 10.0. The number of hydrogen-bond donors (Lipinski definition) is 2. The molecule has 19 heavy (non-hydrogen) atoms. The molecular formula is C11H10N4O2S2. The number of aryl methyl sites for hydroxylation is 1. The first kappa shape index (κ1) is 13.6. The summed E-state index contributed by atoms with van der Waals surface area (Å²) in [6.45, 7) is 1.76. The second-order valence-electron chi connectivity index (χ2n) is 3.45. The smallest absolute Gasteiger partial charge is 0.271 e. The van der Waals surface area contributed by atoms with Crippen LogP contribution in [0.4, 0.5) is 5.13 Å². The van der Waals surface area contributed by atoms with Gasteiger partial charge in [-0.15, -0.1) is 5.10 Å². The molecule has 0 saturated heterocycles. The van der Waals surface area contributed by atoms with Crippen molar-refractivity contribution >= 4 is 33.9 Å². The van der Waals surface area contributed by atoms with Crippen molar-refractivity contribution in [2.24, 2.45) is 0 Å². The fourth-order valence-corrected chi connectivity index (χ4v) is 2.43. The van der Waals surface area contributed by atoms with Crippen LogP contribution < -0.4 is 5.32 Å². The molecule has 2 aromatic rings. The molecule has 0 bridgehead atoms. The molecule has 6 nitrogen and oxygen atoms in total. The van der Waals surface area contributed by atoms with E-state index in [4.69, 9.17) is 5.11 Å². The van der Waals surface area contributed by atoms with Gasteiger partial charge in [-0.25, -0.2) is 4.98 Å². The van der Waals surface area contributed by atoms with E-state index in [1.165, 1.54) is 11.3 Å². The van der Waals surface area contributed by atoms with Crippen molar-refractivity contribution in [2.75, 3.05) is 11.9 Å². The van der Waals surface area contributed by atoms with Gasteiger partial charge >= 0.3 is 0 Å². The van der Waals surface area contributed by atoms with Gasteiger partial charge in [0.2, 0.25) is 0 Å². The summed E-state index contributed by atoms with van der Waals surface area (Å²) in [5, 5.41) is 15.6. The minimum absolute atomic E-state index is 0.0348. The van der Waals surface area contributed by atoms with E-state index in [2.05, 4.69) is 31.7 Å². The van der Waals surface area contributed by atoms with Crippen molar-refractivity contribution < 1.29 is 9.90 Å². The van der Waals surface area contributed by atoms with Crippen LogP contribution in [-0.2, 0) is 0 Å². The highest BCUT2D eigenvalue weighted by Crippen LogP contribution is 2.19. The number of nitrogens with one attached hydrogen (secondary N) is 1. The number of carbonyl (C=O) groups is 1. The minimum Gasteiger partial charge on any atom is -0.395 e. The first-order valence-electron chi connectivity index (χ1n) is 5.36. The van der Waals surface area contributed by atoms with Crippen LogP contribution in [0, 0.1) is 18.8 Å². The molecule has 1 amide bonds. The van der Waals surface area contributed by atoms with Gasteiger partial charge in [0.15, 0.2) is 5.13 Å². The van der Waals surface area contributed by atoms with Crippen molar-refractivity contribution in [1.82, 2.24) is 14.6 Å². The van der Waals surface area contributed by atoms with Gasteiger partial charge in [0.05, 0.1) is 23.4 Å². The number of carbonyl (C=O) groups excluding carboxylic acids is 1. The van der Waals surface area contributed by atoms with Crippen molar-refractivity contribution in [1.29, 1.82) is 0 Å². The van der Waals surface area contributed by atoms with Gasteiger partial charge in [-0.05, 0) is 18.5 Å². The molecule has 2 N–H and O–H groups in total. The Labute approximate surface area is 117 Å². The summed E-state index contributed by atoms with van der Waals surface area (Å²) >= 11 is 2.33. The number of hydrogen-bond acceptors (Lipinski definition) is 7.